The third-order valence-electron chi connectivity index (χ3n) is 3.81. The molecule has 0 heterocycles. The maximum atomic E-state index is 14.2. The van der Waals surface area contributed by atoms with Crippen LogP contribution in [0.25, 0.3) is 0 Å². The first kappa shape index (κ1) is 18.7. The van der Waals surface area contributed by atoms with Crippen LogP contribution in [0.2, 0.25) is 0 Å². The molecule has 6 heteroatoms. The predicted octanol–water partition coefficient (Wildman–Crippen LogP) is 4.38. The van der Waals surface area contributed by atoms with Gasteiger partial charge in [0.2, 0.25) is 0 Å². The summed E-state index contributed by atoms with van der Waals surface area (Å²) in [4.78, 5) is 18.5. The molecule has 24 heavy (non-hydrogen) atoms. The van der Waals surface area contributed by atoms with E-state index in [9.17, 15) is 18.7 Å². The number of hydrogen-bond donors (Lipinski definition) is 2. The molecule has 2 aromatic carbocycles. The second-order valence-electron chi connectivity index (χ2n) is 5.92. The van der Waals surface area contributed by atoms with Gasteiger partial charge in [-0.1, -0.05) is 19.4 Å². The van der Waals surface area contributed by atoms with Gasteiger partial charge in [0.25, 0.3) is 0 Å². The quantitative estimate of drug-likeness (QED) is 0.757. The summed E-state index contributed by atoms with van der Waals surface area (Å²) < 4.78 is 31.3. The van der Waals surface area contributed by atoms with Crippen LogP contribution in [0.15, 0.2) is 30.3 Å². The van der Waals surface area contributed by atoms with Crippen LogP contribution in [0.1, 0.15) is 36.5 Å². The Morgan fingerprint density at radius 2 is 1.75 bits per heavy atom. The minimum Gasteiger partial charge on any atom is -0.454 e. The van der Waals surface area contributed by atoms with Gasteiger partial charge in [0.05, 0.1) is 5.30 Å². The van der Waals surface area contributed by atoms with Crippen molar-refractivity contribution in [3.8, 4) is 11.5 Å². The molecule has 2 aromatic rings. The standard InChI is InChI=1S/C18H22FO4P/c1-4-5-6-14-7-8-17(16(19)11-14)23-18-12(2)9-15(10-13(18)3)24(20,21)22/h7-11H,4-6H2,1-3H3,(H2,20,21,22). The van der Waals surface area contributed by atoms with Crippen LogP contribution in [-0.4, -0.2) is 9.79 Å². The van der Waals surface area contributed by atoms with Crippen LogP contribution in [0.4, 0.5) is 4.39 Å². The molecule has 0 fully saturated rings. The zero-order valence-corrected chi connectivity index (χ0v) is 14.9. The zero-order chi connectivity index (χ0) is 17.9. The maximum absolute atomic E-state index is 14.2. The molecule has 4 nitrogen and oxygen atoms in total. The Kier molecular flexibility index (Phi) is 5.81. The summed E-state index contributed by atoms with van der Waals surface area (Å²) in [5.74, 6) is 0.0688. The summed E-state index contributed by atoms with van der Waals surface area (Å²) >= 11 is 0. The summed E-state index contributed by atoms with van der Waals surface area (Å²) in [5, 5.41) is -0.0692. The molecule has 0 amide bonds. The first-order valence-corrected chi connectivity index (χ1v) is 9.47. The van der Waals surface area contributed by atoms with Crippen molar-refractivity contribution in [2.45, 2.75) is 40.0 Å². The highest BCUT2D eigenvalue weighted by molar-refractivity contribution is 7.60. The van der Waals surface area contributed by atoms with Crippen LogP contribution in [0.3, 0.4) is 0 Å². The molecule has 0 spiro atoms. The smallest absolute Gasteiger partial charge is 0.356 e. The number of ether oxygens (including phenoxy) is 1. The molecule has 0 radical (unpaired) electrons. The van der Waals surface area contributed by atoms with E-state index in [1.807, 2.05) is 6.07 Å². The predicted molar refractivity (Wildman–Crippen MR) is 92.7 cm³/mol. The third-order valence-corrected chi connectivity index (χ3v) is 4.74. The van der Waals surface area contributed by atoms with E-state index < -0.39 is 13.4 Å². The second kappa shape index (κ2) is 7.47. The van der Waals surface area contributed by atoms with Gasteiger partial charge >= 0.3 is 7.60 Å². The van der Waals surface area contributed by atoms with Gasteiger partial charge < -0.3 is 14.5 Å². The average Bonchev–Trinajstić information content (AvgIpc) is 2.49. The second-order valence-corrected chi connectivity index (χ2v) is 7.53. The van der Waals surface area contributed by atoms with E-state index >= 15 is 0 Å². The number of aryl methyl sites for hydroxylation is 3. The fourth-order valence-electron chi connectivity index (χ4n) is 2.53. The normalized spacial score (nSPS) is 11.6. The monoisotopic (exact) mass is 352 g/mol. The average molecular weight is 352 g/mol. The van der Waals surface area contributed by atoms with Crippen molar-refractivity contribution in [1.82, 2.24) is 0 Å². The molecular weight excluding hydrogens is 330 g/mol. The summed E-state index contributed by atoms with van der Waals surface area (Å²) in [6.45, 7) is 5.44. The minimum absolute atomic E-state index is 0.0692. The molecule has 130 valence electrons. The molecule has 0 unspecified atom stereocenters. The SMILES string of the molecule is CCCCc1ccc(Oc2c(C)cc(P(=O)(O)O)cc2C)c(F)c1. The molecular formula is C18H22FO4P. The van der Waals surface area contributed by atoms with Crippen molar-refractivity contribution in [2.75, 3.05) is 0 Å². The van der Waals surface area contributed by atoms with Crippen LogP contribution in [0, 0.1) is 19.7 Å². The van der Waals surface area contributed by atoms with Crippen molar-refractivity contribution in [3.63, 3.8) is 0 Å². The highest BCUT2D eigenvalue weighted by atomic mass is 31.2. The van der Waals surface area contributed by atoms with Gasteiger partial charge in [0, 0.05) is 0 Å². The van der Waals surface area contributed by atoms with E-state index in [-0.39, 0.29) is 11.1 Å². The first-order chi connectivity index (χ1) is 11.2. The third kappa shape index (κ3) is 4.44. The van der Waals surface area contributed by atoms with Gasteiger partial charge in [0.15, 0.2) is 11.6 Å². The minimum atomic E-state index is -4.33. The summed E-state index contributed by atoms with van der Waals surface area (Å²) in [5.41, 5.74) is 2.01. The Bertz CT molecular complexity index is 760. The van der Waals surface area contributed by atoms with Crippen molar-refractivity contribution in [1.29, 1.82) is 0 Å². The Balaban J connectivity index is 2.30. The highest BCUT2D eigenvalue weighted by Gasteiger charge is 2.20. The van der Waals surface area contributed by atoms with Gasteiger partial charge in [-0.25, -0.2) is 4.39 Å². The summed E-state index contributed by atoms with van der Waals surface area (Å²) in [6, 6.07) is 7.64. The topological polar surface area (TPSA) is 66.8 Å². The van der Waals surface area contributed by atoms with Crippen molar-refractivity contribution in [2.24, 2.45) is 0 Å². The van der Waals surface area contributed by atoms with Crippen LogP contribution < -0.4 is 10.0 Å². The molecule has 2 N–H and O–H groups in total. The van der Waals surface area contributed by atoms with Crippen molar-refractivity contribution < 1.29 is 23.5 Å². The van der Waals surface area contributed by atoms with E-state index in [4.69, 9.17) is 4.74 Å². The number of unbranched alkanes of at least 4 members (excludes halogenated alkanes) is 1. The number of benzene rings is 2. The fraction of sp³-hybridized carbons (Fsp3) is 0.333. The fourth-order valence-corrected chi connectivity index (χ4v) is 3.25. The molecule has 0 bridgehead atoms. The van der Waals surface area contributed by atoms with Gasteiger partial charge in [0.1, 0.15) is 5.75 Å². The lowest BCUT2D eigenvalue weighted by atomic mass is 10.1. The van der Waals surface area contributed by atoms with Crippen molar-refractivity contribution in [3.05, 3.63) is 52.8 Å². The zero-order valence-electron chi connectivity index (χ0n) is 14.0. The molecule has 2 rings (SSSR count). The van der Waals surface area contributed by atoms with E-state index in [1.165, 1.54) is 18.2 Å². The maximum Gasteiger partial charge on any atom is 0.356 e. The van der Waals surface area contributed by atoms with E-state index in [0.29, 0.717) is 16.9 Å². The molecule has 0 aliphatic rings. The van der Waals surface area contributed by atoms with Crippen LogP contribution >= 0.6 is 7.60 Å². The molecule has 0 saturated heterocycles. The molecule has 0 saturated carbocycles. The highest BCUT2D eigenvalue weighted by Crippen LogP contribution is 2.37. The Labute approximate surface area is 141 Å². The Hall–Kier alpha value is -1.68. The number of hydrogen-bond acceptors (Lipinski definition) is 2. The summed E-state index contributed by atoms with van der Waals surface area (Å²) in [6.07, 6.45) is 2.87. The number of rotatable bonds is 6. The van der Waals surface area contributed by atoms with Crippen LogP contribution in [0.5, 0.6) is 11.5 Å². The lowest BCUT2D eigenvalue weighted by Crippen LogP contribution is -2.07. The van der Waals surface area contributed by atoms with Crippen molar-refractivity contribution >= 4 is 12.9 Å². The molecule has 0 aliphatic heterocycles. The van der Waals surface area contributed by atoms with Gasteiger partial charge in [-0.2, -0.15) is 0 Å². The van der Waals surface area contributed by atoms with Gasteiger partial charge in [-0.15, -0.1) is 0 Å². The van der Waals surface area contributed by atoms with E-state index in [1.54, 1.807) is 19.9 Å². The Morgan fingerprint density at radius 1 is 1.12 bits per heavy atom. The van der Waals surface area contributed by atoms with Gasteiger partial charge in [-0.3, -0.25) is 4.57 Å². The first-order valence-electron chi connectivity index (χ1n) is 7.86. The lowest BCUT2D eigenvalue weighted by Gasteiger charge is -2.15. The Morgan fingerprint density at radius 3 is 2.25 bits per heavy atom. The molecule has 0 aromatic heterocycles. The van der Waals surface area contributed by atoms with E-state index in [0.717, 1.165) is 24.8 Å². The van der Waals surface area contributed by atoms with Crippen LogP contribution in [-0.2, 0) is 11.0 Å². The number of halogens is 1. The van der Waals surface area contributed by atoms with E-state index in [2.05, 4.69) is 6.92 Å². The summed E-state index contributed by atoms with van der Waals surface area (Å²) in [7, 11) is -4.33. The largest absolute Gasteiger partial charge is 0.454 e. The molecule has 0 aliphatic carbocycles. The molecule has 0 atom stereocenters. The van der Waals surface area contributed by atoms with Gasteiger partial charge in [-0.05, 0) is 67.6 Å². The lowest BCUT2D eigenvalue weighted by molar-refractivity contribution is 0.387.